The number of imidazole rings is 2. The van der Waals surface area contributed by atoms with Gasteiger partial charge >= 0.3 is 0 Å². The molecule has 0 aliphatic heterocycles. The Morgan fingerprint density at radius 1 is 1.08 bits per heavy atom. The van der Waals surface area contributed by atoms with Crippen LogP contribution in [-0.2, 0) is 4.79 Å². The second-order valence-corrected chi connectivity index (χ2v) is 6.19. The summed E-state index contributed by atoms with van der Waals surface area (Å²) in [6.07, 6.45) is 1.71. The van der Waals surface area contributed by atoms with Crippen LogP contribution in [0.4, 0.5) is 0 Å². The Kier molecular flexibility index (Phi) is 3.72. The Morgan fingerprint density at radius 2 is 1.80 bits per heavy atom. The highest BCUT2D eigenvalue weighted by molar-refractivity contribution is 5.84. The summed E-state index contributed by atoms with van der Waals surface area (Å²) in [7, 11) is 0. The van der Waals surface area contributed by atoms with Crippen LogP contribution in [0.5, 0.6) is 0 Å². The average molecular weight is 333 g/mol. The summed E-state index contributed by atoms with van der Waals surface area (Å²) in [6, 6.07) is 15.0. The summed E-state index contributed by atoms with van der Waals surface area (Å²) >= 11 is 0. The topological polar surface area (TPSA) is 75.6 Å². The Hall–Kier alpha value is -3.15. The summed E-state index contributed by atoms with van der Waals surface area (Å²) < 4.78 is 1.88. The Balaban J connectivity index is 1.54. The van der Waals surface area contributed by atoms with Crippen molar-refractivity contribution in [3.05, 3.63) is 60.7 Å². The number of carbonyl (C=O) groups is 1. The van der Waals surface area contributed by atoms with Gasteiger partial charge in [-0.25, -0.2) is 9.97 Å². The smallest absolute Gasteiger partial charge is 0.243 e. The third-order valence-corrected chi connectivity index (χ3v) is 4.45. The molecule has 2 aromatic carbocycles. The van der Waals surface area contributed by atoms with Crippen LogP contribution in [0, 0.1) is 0 Å². The zero-order valence-electron chi connectivity index (χ0n) is 14.1. The molecule has 4 rings (SSSR count). The fourth-order valence-electron chi connectivity index (χ4n) is 2.99. The zero-order valence-corrected chi connectivity index (χ0v) is 14.1. The minimum atomic E-state index is -0.362. The van der Waals surface area contributed by atoms with E-state index in [1.54, 1.807) is 6.33 Å². The lowest BCUT2D eigenvalue weighted by atomic mass is 10.2. The molecule has 2 atom stereocenters. The lowest BCUT2D eigenvalue weighted by molar-refractivity contribution is -0.124. The first kappa shape index (κ1) is 15.4. The molecule has 2 heterocycles. The van der Waals surface area contributed by atoms with E-state index in [-0.39, 0.29) is 18.0 Å². The van der Waals surface area contributed by atoms with Crippen LogP contribution in [0.25, 0.3) is 22.1 Å². The number of H-pyrrole nitrogens is 1. The number of fused-ring (bicyclic) bond motifs is 2. The Labute approximate surface area is 144 Å². The van der Waals surface area contributed by atoms with Gasteiger partial charge in [0.25, 0.3) is 0 Å². The quantitative estimate of drug-likeness (QED) is 0.601. The van der Waals surface area contributed by atoms with Gasteiger partial charge < -0.3 is 14.9 Å². The molecule has 0 spiro atoms. The summed E-state index contributed by atoms with van der Waals surface area (Å²) in [4.78, 5) is 24.8. The van der Waals surface area contributed by atoms with Gasteiger partial charge in [-0.2, -0.15) is 0 Å². The van der Waals surface area contributed by atoms with E-state index in [2.05, 4.69) is 20.3 Å². The second-order valence-electron chi connectivity index (χ2n) is 6.19. The molecule has 6 nitrogen and oxygen atoms in total. The van der Waals surface area contributed by atoms with Gasteiger partial charge in [-0.1, -0.05) is 24.3 Å². The van der Waals surface area contributed by atoms with E-state index >= 15 is 0 Å². The van der Waals surface area contributed by atoms with Crippen LogP contribution in [0.3, 0.4) is 0 Å². The normalized spacial score (nSPS) is 13.8. The predicted molar refractivity (Wildman–Crippen MR) is 97.1 cm³/mol. The van der Waals surface area contributed by atoms with Crippen molar-refractivity contribution in [2.45, 2.75) is 25.9 Å². The molecule has 0 aliphatic carbocycles. The maximum absolute atomic E-state index is 12.7. The van der Waals surface area contributed by atoms with Crippen molar-refractivity contribution in [3.8, 4) is 0 Å². The molecule has 0 aliphatic rings. The molecule has 6 heteroatoms. The maximum Gasteiger partial charge on any atom is 0.243 e. The van der Waals surface area contributed by atoms with Gasteiger partial charge in [0.1, 0.15) is 11.9 Å². The van der Waals surface area contributed by atoms with Crippen LogP contribution in [0.15, 0.2) is 54.9 Å². The highest BCUT2D eigenvalue weighted by atomic mass is 16.2. The van der Waals surface area contributed by atoms with Crippen LogP contribution in [0.1, 0.15) is 31.8 Å². The largest absolute Gasteiger partial charge is 0.345 e. The van der Waals surface area contributed by atoms with Crippen molar-refractivity contribution in [3.63, 3.8) is 0 Å². The number of nitrogens with zero attached hydrogens (tertiary/aromatic N) is 3. The van der Waals surface area contributed by atoms with Gasteiger partial charge in [0.15, 0.2) is 0 Å². The molecule has 2 N–H and O–H groups in total. The van der Waals surface area contributed by atoms with E-state index < -0.39 is 0 Å². The van der Waals surface area contributed by atoms with Gasteiger partial charge in [-0.15, -0.1) is 0 Å². The fourth-order valence-corrected chi connectivity index (χ4v) is 2.99. The molecular formula is C19H19N5O. The third-order valence-electron chi connectivity index (χ3n) is 4.45. The number of hydrogen-bond acceptors (Lipinski definition) is 3. The molecule has 0 saturated heterocycles. The summed E-state index contributed by atoms with van der Waals surface area (Å²) in [5, 5.41) is 3.03. The zero-order chi connectivity index (χ0) is 17.4. The molecule has 0 radical (unpaired) electrons. The van der Waals surface area contributed by atoms with Crippen molar-refractivity contribution < 1.29 is 4.79 Å². The number of amides is 1. The Bertz CT molecular complexity index is 1020. The number of benzene rings is 2. The van der Waals surface area contributed by atoms with Crippen LogP contribution >= 0.6 is 0 Å². The van der Waals surface area contributed by atoms with E-state index in [1.165, 1.54) is 0 Å². The number of rotatable bonds is 4. The van der Waals surface area contributed by atoms with Crippen molar-refractivity contribution in [2.24, 2.45) is 0 Å². The van der Waals surface area contributed by atoms with E-state index in [9.17, 15) is 4.79 Å². The van der Waals surface area contributed by atoms with Gasteiger partial charge in [0, 0.05) is 0 Å². The van der Waals surface area contributed by atoms with Gasteiger partial charge in [0.05, 0.1) is 34.4 Å². The summed E-state index contributed by atoms with van der Waals surface area (Å²) in [5.74, 6) is 0.674. The molecule has 0 bridgehead atoms. The Morgan fingerprint density at radius 3 is 2.60 bits per heavy atom. The maximum atomic E-state index is 12.7. The summed E-state index contributed by atoms with van der Waals surface area (Å²) in [6.45, 7) is 3.79. The minimum absolute atomic E-state index is 0.0730. The van der Waals surface area contributed by atoms with Crippen LogP contribution in [0.2, 0.25) is 0 Å². The molecule has 2 aromatic heterocycles. The van der Waals surface area contributed by atoms with Crippen LogP contribution < -0.4 is 5.32 Å². The highest BCUT2D eigenvalue weighted by Crippen LogP contribution is 2.19. The van der Waals surface area contributed by atoms with Gasteiger partial charge in [-0.3, -0.25) is 4.79 Å². The number of nitrogens with one attached hydrogen (secondary N) is 2. The number of carbonyl (C=O) groups excluding carboxylic acids is 1. The first-order chi connectivity index (χ1) is 12.1. The predicted octanol–water partition coefficient (Wildman–Crippen LogP) is 3.35. The highest BCUT2D eigenvalue weighted by Gasteiger charge is 2.20. The first-order valence-corrected chi connectivity index (χ1v) is 8.30. The number of aromatic nitrogens is 4. The molecule has 0 unspecified atom stereocenters. The lowest BCUT2D eigenvalue weighted by Crippen LogP contribution is -2.33. The van der Waals surface area contributed by atoms with E-state index in [0.29, 0.717) is 0 Å². The van der Waals surface area contributed by atoms with Gasteiger partial charge in [0.2, 0.25) is 5.91 Å². The fraction of sp³-hybridized carbons (Fsp3) is 0.211. The van der Waals surface area contributed by atoms with Crippen molar-refractivity contribution in [1.82, 2.24) is 24.8 Å². The minimum Gasteiger partial charge on any atom is -0.345 e. The molecule has 25 heavy (non-hydrogen) atoms. The van der Waals surface area contributed by atoms with E-state index in [0.717, 1.165) is 27.9 Å². The number of para-hydroxylation sites is 4. The second kappa shape index (κ2) is 6.05. The monoisotopic (exact) mass is 333 g/mol. The third kappa shape index (κ3) is 2.76. The van der Waals surface area contributed by atoms with Gasteiger partial charge in [-0.05, 0) is 38.1 Å². The lowest BCUT2D eigenvalue weighted by Gasteiger charge is -2.17. The van der Waals surface area contributed by atoms with E-state index in [4.69, 9.17) is 0 Å². The van der Waals surface area contributed by atoms with Crippen molar-refractivity contribution >= 4 is 28.0 Å². The molecule has 0 saturated carbocycles. The van der Waals surface area contributed by atoms with Crippen molar-refractivity contribution in [1.29, 1.82) is 0 Å². The first-order valence-electron chi connectivity index (χ1n) is 8.30. The number of aromatic amines is 1. The molecule has 4 aromatic rings. The molecule has 126 valence electrons. The molecular weight excluding hydrogens is 314 g/mol. The SMILES string of the molecule is C[C@H](NC(=O)[C@@H](C)n1cnc2ccccc21)c1nc2ccccc2[nH]1. The summed E-state index contributed by atoms with van der Waals surface area (Å²) in [5.41, 5.74) is 3.69. The standard InChI is InChI=1S/C19H19N5O/c1-12(18-22-14-7-3-4-8-15(14)23-18)21-19(25)13(2)24-11-20-16-9-5-6-10-17(16)24/h3-13H,1-2H3,(H,21,25)(H,22,23)/t12-,13+/m0/s1. The number of hydrogen-bond donors (Lipinski definition) is 2. The average Bonchev–Trinajstić information content (AvgIpc) is 3.25. The van der Waals surface area contributed by atoms with E-state index in [1.807, 2.05) is 66.9 Å². The van der Waals surface area contributed by atoms with Crippen LogP contribution in [-0.4, -0.2) is 25.4 Å². The molecule has 0 fully saturated rings. The molecule has 1 amide bonds. The van der Waals surface area contributed by atoms with Crippen molar-refractivity contribution in [2.75, 3.05) is 0 Å².